The summed E-state index contributed by atoms with van der Waals surface area (Å²) in [6.07, 6.45) is 6.70. The Morgan fingerprint density at radius 3 is 2.60 bits per heavy atom. The molecule has 1 spiro atoms. The van der Waals surface area contributed by atoms with Crippen LogP contribution in [0.3, 0.4) is 0 Å². The predicted molar refractivity (Wildman–Crippen MR) is 42.5 cm³/mol. The van der Waals surface area contributed by atoms with Gasteiger partial charge in [-0.15, -0.1) is 0 Å². The van der Waals surface area contributed by atoms with Gasteiger partial charge in [0.25, 0.3) is 0 Å². The summed E-state index contributed by atoms with van der Waals surface area (Å²) >= 11 is 1.44. The average molecular weight is 159 g/mol. The normalized spacial score (nSPS) is 31.2. The largest absolute Gasteiger partial charge is 0.301 e. The summed E-state index contributed by atoms with van der Waals surface area (Å²) in [4.78, 5) is 0. The highest BCUT2D eigenvalue weighted by atomic mass is 32.2. The van der Waals surface area contributed by atoms with Crippen LogP contribution >= 0.6 is 12.2 Å². The molecular weight excluding hydrogens is 146 g/mol. The summed E-state index contributed by atoms with van der Waals surface area (Å²) in [5, 5.41) is 0. The Kier molecular flexibility index (Phi) is 1.89. The highest BCUT2D eigenvalue weighted by molar-refractivity contribution is 7.92. The number of hydrogen-bond donors (Lipinski definition) is 1. The predicted octanol–water partition coefficient (Wildman–Crippen LogP) is 1.87. The van der Waals surface area contributed by atoms with Crippen LogP contribution in [0.1, 0.15) is 32.1 Å². The van der Waals surface area contributed by atoms with E-state index in [9.17, 15) is 0 Å². The van der Waals surface area contributed by atoms with Crippen LogP contribution in [0.15, 0.2) is 0 Å². The molecule has 2 aliphatic rings. The molecule has 2 rings (SSSR count). The van der Waals surface area contributed by atoms with Gasteiger partial charge in [0.15, 0.2) is 0 Å². The van der Waals surface area contributed by atoms with E-state index in [2.05, 4.69) is 4.72 Å². The van der Waals surface area contributed by atoms with Gasteiger partial charge >= 0.3 is 0 Å². The fourth-order valence-electron chi connectivity index (χ4n) is 1.85. The molecule has 1 saturated carbocycles. The van der Waals surface area contributed by atoms with Gasteiger partial charge in [0, 0.05) is 5.54 Å². The zero-order valence-corrected chi connectivity index (χ0v) is 6.88. The maximum atomic E-state index is 5.16. The van der Waals surface area contributed by atoms with Crippen molar-refractivity contribution in [2.75, 3.05) is 6.61 Å². The molecule has 1 aliphatic heterocycles. The molecule has 1 N–H and O–H groups in total. The minimum absolute atomic E-state index is 0.461. The van der Waals surface area contributed by atoms with Gasteiger partial charge in [-0.25, -0.2) is 4.72 Å². The first-order valence-electron chi connectivity index (χ1n) is 3.97. The maximum absolute atomic E-state index is 5.16. The minimum atomic E-state index is 0.461. The van der Waals surface area contributed by atoms with E-state index in [1.165, 1.54) is 44.3 Å². The molecule has 1 saturated heterocycles. The number of nitrogens with one attached hydrogen (secondary N) is 1. The van der Waals surface area contributed by atoms with Crippen molar-refractivity contribution in [3.63, 3.8) is 0 Å². The third-order valence-electron chi connectivity index (χ3n) is 2.54. The van der Waals surface area contributed by atoms with Crippen molar-refractivity contribution >= 4 is 12.2 Å². The molecule has 2 nitrogen and oxygen atoms in total. The highest BCUT2D eigenvalue weighted by Crippen LogP contribution is 2.36. The SMILES string of the molecule is C1CCC2(C1)CCOSN2. The van der Waals surface area contributed by atoms with Crippen LogP contribution in [-0.2, 0) is 4.18 Å². The van der Waals surface area contributed by atoms with Gasteiger partial charge in [0.1, 0.15) is 0 Å². The molecule has 0 bridgehead atoms. The zero-order valence-electron chi connectivity index (χ0n) is 6.06. The van der Waals surface area contributed by atoms with Crippen LogP contribution in [-0.4, -0.2) is 12.1 Å². The van der Waals surface area contributed by atoms with Gasteiger partial charge in [-0.05, 0) is 19.3 Å². The molecule has 0 aromatic heterocycles. The van der Waals surface area contributed by atoms with Crippen molar-refractivity contribution in [1.82, 2.24) is 4.72 Å². The topological polar surface area (TPSA) is 21.3 Å². The fourth-order valence-corrected chi connectivity index (χ4v) is 2.56. The standard InChI is InChI=1S/C7H13NOS/c1-2-4-7(3-1)5-6-9-10-8-7/h8H,1-6H2. The van der Waals surface area contributed by atoms with E-state index >= 15 is 0 Å². The van der Waals surface area contributed by atoms with Crippen molar-refractivity contribution < 1.29 is 4.18 Å². The lowest BCUT2D eigenvalue weighted by atomic mass is 9.95. The number of hydrogen-bond acceptors (Lipinski definition) is 3. The van der Waals surface area contributed by atoms with Gasteiger partial charge in [-0.2, -0.15) is 0 Å². The third-order valence-corrected chi connectivity index (χ3v) is 3.34. The lowest BCUT2D eigenvalue weighted by molar-refractivity contribution is 0.239. The summed E-state index contributed by atoms with van der Waals surface area (Å²) < 4.78 is 8.55. The van der Waals surface area contributed by atoms with Crippen LogP contribution < -0.4 is 4.72 Å². The molecule has 10 heavy (non-hydrogen) atoms. The molecule has 1 heterocycles. The van der Waals surface area contributed by atoms with Crippen molar-refractivity contribution in [2.45, 2.75) is 37.6 Å². The van der Waals surface area contributed by atoms with Crippen LogP contribution in [0.25, 0.3) is 0 Å². The van der Waals surface area contributed by atoms with Gasteiger partial charge in [-0.1, -0.05) is 12.8 Å². The lowest BCUT2D eigenvalue weighted by Gasteiger charge is -2.32. The first-order valence-corrected chi connectivity index (χ1v) is 4.71. The monoisotopic (exact) mass is 159 g/mol. The summed E-state index contributed by atoms with van der Waals surface area (Å²) in [5.74, 6) is 0. The van der Waals surface area contributed by atoms with E-state index < -0.39 is 0 Å². The Bertz CT molecular complexity index is 115. The van der Waals surface area contributed by atoms with E-state index in [0.717, 1.165) is 6.61 Å². The fraction of sp³-hybridized carbons (Fsp3) is 1.00. The van der Waals surface area contributed by atoms with Crippen LogP contribution in [0.2, 0.25) is 0 Å². The Labute approximate surface area is 66.0 Å². The lowest BCUT2D eigenvalue weighted by Crippen LogP contribution is -2.42. The Hall–Kier alpha value is 0.270. The molecular formula is C7H13NOS. The first-order chi connectivity index (χ1) is 4.91. The van der Waals surface area contributed by atoms with Crippen LogP contribution in [0.4, 0.5) is 0 Å². The molecule has 0 radical (unpaired) electrons. The van der Waals surface area contributed by atoms with Crippen molar-refractivity contribution in [3.8, 4) is 0 Å². The smallest absolute Gasteiger partial charge is 0.0794 e. The summed E-state index contributed by atoms with van der Waals surface area (Å²) in [5.41, 5.74) is 0.461. The Balaban J connectivity index is 1.98. The second-order valence-corrected chi connectivity index (χ2v) is 3.85. The van der Waals surface area contributed by atoms with Crippen molar-refractivity contribution in [2.24, 2.45) is 0 Å². The van der Waals surface area contributed by atoms with E-state index in [1.54, 1.807) is 0 Å². The molecule has 0 aromatic carbocycles. The summed E-state index contributed by atoms with van der Waals surface area (Å²) in [6.45, 7) is 0.928. The van der Waals surface area contributed by atoms with Crippen molar-refractivity contribution in [1.29, 1.82) is 0 Å². The van der Waals surface area contributed by atoms with Crippen LogP contribution in [0, 0.1) is 0 Å². The van der Waals surface area contributed by atoms with E-state index in [-0.39, 0.29) is 0 Å². The van der Waals surface area contributed by atoms with Gasteiger partial charge < -0.3 is 4.18 Å². The summed E-state index contributed by atoms with van der Waals surface area (Å²) in [6, 6.07) is 0. The van der Waals surface area contributed by atoms with Gasteiger partial charge in [0.2, 0.25) is 0 Å². The van der Waals surface area contributed by atoms with Crippen molar-refractivity contribution in [3.05, 3.63) is 0 Å². The highest BCUT2D eigenvalue weighted by Gasteiger charge is 2.35. The molecule has 58 valence electrons. The van der Waals surface area contributed by atoms with Crippen LogP contribution in [0.5, 0.6) is 0 Å². The van der Waals surface area contributed by atoms with Gasteiger partial charge in [-0.3, -0.25) is 0 Å². The molecule has 0 amide bonds. The summed E-state index contributed by atoms with van der Waals surface area (Å²) in [7, 11) is 0. The van der Waals surface area contributed by atoms with E-state index in [1.807, 2.05) is 0 Å². The molecule has 0 aromatic rings. The van der Waals surface area contributed by atoms with Gasteiger partial charge in [0.05, 0.1) is 18.8 Å². The van der Waals surface area contributed by atoms with E-state index in [4.69, 9.17) is 4.18 Å². The van der Waals surface area contributed by atoms with E-state index in [0.29, 0.717) is 5.54 Å². The average Bonchev–Trinajstić information content (AvgIpc) is 2.39. The second kappa shape index (κ2) is 2.72. The maximum Gasteiger partial charge on any atom is 0.0794 e. The first kappa shape index (κ1) is 6.95. The molecule has 0 atom stereocenters. The molecule has 2 fully saturated rings. The third kappa shape index (κ3) is 1.18. The Morgan fingerprint density at radius 2 is 2.00 bits per heavy atom. The number of rotatable bonds is 0. The molecule has 3 heteroatoms. The quantitative estimate of drug-likeness (QED) is 0.430. The minimum Gasteiger partial charge on any atom is -0.301 e. The molecule has 0 unspecified atom stereocenters. The second-order valence-electron chi connectivity index (χ2n) is 3.24. The zero-order chi connectivity index (χ0) is 6.86. The Morgan fingerprint density at radius 1 is 1.20 bits per heavy atom. The molecule has 1 aliphatic carbocycles.